The molecule has 0 N–H and O–H groups in total. The molecule has 0 bridgehead atoms. The molecule has 0 spiro atoms. The van der Waals surface area contributed by atoms with Crippen LogP contribution in [-0.2, 0) is 16.1 Å². The summed E-state index contributed by atoms with van der Waals surface area (Å²) in [6.45, 7) is 0.124. The maximum atomic E-state index is 11.2. The number of alkyl halides is 1. The van der Waals surface area contributed by atoms with Gasteiger partial charge in [0, 0.05) is 24.4 Å². The highest BCUT2D eigenvalue weighted by molar-refractivity contribution is 6.17. The van der Waals surface area contributed by atoms with E-state index in [4.69, 9.17) is 16.3 Å². The van der Waals surface area contributed by atoms with E-state index in [9.17, 15) is 14.9 Å². The van der Waals surface area contributed by atoms with Gasteiger partial charge in [0.1, 0.15) is 6.61 Å². The Morgan fingerprint density at radius 3 is 2.53 bits per heavy atom. The van der Waals surface area contributed by atoms with Gasteiger partial charge in [-0.1, -0.05) is 0 Å². The summed E-state index contributed by atoms with van der Waals surface area (Å²) >= 11 is 5.44. The molecule has 1 aromatic rings. The molecular formula is C11H12ClNO4. The number of carbonyl (C=O) groups is 1. The van der Waals surface area contributed by atoms with Crippen molar-refractivity contribution >= 4 is 23.3 Å². The van der Waals surface area contributed by atoms with Crippen LogP contribution in [0.4, 0.5) is 5.69 Å². The van der Waals surface area contributed by atoms with E-state index in [1.54, 1.807) is 12.1 Å². The van der Waals surface area contributed by atoms with Crippen LogP contribution in [0.1, 0.15) is 18.4 Å². The monoisotopic (exact) mass is 257 g/mol. The third-order valence-electron chi connectivity index (χ3n) is 2.06. The molecule has 0 unspecified atom stereocenters. The van der Waals surface area contributed by atoms with Gasteiger partial charge in [0.2, 0.25) is 0 Å². The Balaban J connectivity index is 2.42. The van der Waals surface area contributed by atoms with Crippen molar-refractivity contribution in [2.24, 2.45) is 0 Å². The second-order valence-corrected chi connectivity index (χ2v) is 3.75. The fourth-order valence-corrected chi connectivity index (χ4v) is 1.29. The van der Waals surface area contributed by atoms with Crippen molar-refractivity contribution in [2.45, 2.75) is 19.4 Å². The summed E-state index contributed by atoms with van der Waals surface area (Å²) in [5, 5.41) is 10.4. The number of halogens is 1. The Hall–Kier alpha value is -1.62. The summed E-state index contributed by atoms with van der Waals surface area (Å²) in [7, 11) is 0. The lowest BCUT2D eigenvalue weighted by atomic mass is 10.2. The Morgan fingerprint density at radius 2 is 2.00 bits per heavy atom. The fourth-order valence-electron chi connectivity index (χ4n) is 1.16. The van der Waals surface area contributed by atoms with Gasteiger partial charge in [-0.25, -0.2) is 0 Å². The average molecular weight is 258 g/mol. The molecule has 0 heterocycles. The minimum Gasteiger partial charge on any atom is -0.461 e. The standard InChI is InChI=1S/C11H12ClNO4/c12-7-1-2-11(14)17-8-9-3-5-10(6-4-9)13(15)16/h3-6H,1-2,7-8H2. The highest BCUT2D eigenvalue weighted by atomic mass is 35.5. The summed E-state index contributed by atoms with van der Waals surface area (Å²) in [6.07, 6.45) is 0.872. The van der Waals surface area contributed by atoms with E-state index in [2.05, 4.69) is 0 Å². The molecule has 0 aliphatic carbocycles. The van der Waals surface area contributed by atoms with Gasteiger partial charge in [-0.15, -0.1) is 11.6 Å². The number of hydrogen-bond donors (Lipinski definition) is 0. The van der Waals surface area contributed by atoms with Crippen molar-refractivity contribution in [2.75, 3.05) is 5.88 Å². The number of esters is 1. The topological polar surface area (TPSA) is 69.4 Å². The molecule has 17 heavy (non-hydrogen) atoms. The maximum Gasteiger partial charge on any atom is 0.306 e. The second kappa shape index (κ2) is 6.85. The molecule has 0 atom stereocenters. The van der Waals surface area contributed by atoms with Crippen LogP contribution >= 0.6 is 11.6 Å². The van der Waals surface area contributed by atoms with Crippen molar-refractivity contribution in [1.29, 1.82) is 0 Å². The minimum atomic E-state index is -0.476. The molecule has 0 amide bonds. The second-order valence-electron chi connectivity index (χ2n) is 3.38. The molecule has 0 aliphatic heterocycles. The van der Waals surface area contributed by atoms with Crippen molar-refractivity contribution < 1.29 is 14.5 Å². The minimum absolute atomic E-state index is 0.0159. The number of carbonyl (C=O) groups excluding carboxylic acids is 1. The van der Waals surface area contributed by atoms with Crippen molar-refractivity contribution in [1.82, 2.24) is 0 Å². The first-order chi connectivity index (χ1) is 8.13. The number of non-ortho nitro benzene ring substituents is 1. The molecule has 92 valence electrons. The van der Waals surface area contributed by atoms with Gasteiger partial charge in [-0.05, 0) is 24.1 Å². The van der Waals surface area contributed by atoms with Crippen LogP contribution in [0.15, 0.2) is 24.3 Å². The zero-order chi connectivity index (χ0) is 12.7. The smallest absolute Gasteiger partial charge is 0.306 e. The first kappa shape index (κ1) is 13.4. The molecule has 0 saturated carbocycles. The lowest BCUT2D eigenvalue weighted by Gasteiger charge is -2.03. The number of nitrogens with zero attached hydrogens (tertiary/aromatic N) is 1. The molecule has 0 radical (unpaired) electrons. The molecule has 0 aliphatic rings. The highest BCUT2D eigenvalue weighted by Gasteiger charge is 2.06. The zero-order valence-corrected chi connectivity index (χ0v) is 9.85. The number of ether oxygens (including phenoxy) is 1. The zero-order valence-electron chi connectivity index (χ0n) is 9.10. The van der Waals surface area contributed by atoms with Gasteiger partial charge < -0.3 is 4.74 Å². The first-order valence-corrected chi connectivity index (χ1v) is 5.62. The van der Waals surface area contributed by atoms with Crippen LogP contribution in [0.25, 0.3) is 0 Å². The predicted molar refractivity (Wildman–Crippen MR) is 62.8 cm³/mol. The summed E-state index contributed by atoms with van der Waals surface area (Å²) in [5.41, 5.74) is 0.733. The lowest BCUT2D eigenvalue weighted by molar-refractivity contribution is -0.384. The molecule has 5 nitrogen and oxygen atoms in total. The number of rotatable bonds is 6. The SMILES string of the molecule is O=C(CCCCl)OCc1ccc([N+](=O)[O-])cc1. The van der Waals surface area contributed by atoms with E-state index in [0.717, 1.165) is 5.56 Å². The fraction of sp³-hybridized carbons (Fsp3) is 0.364. The average Bonchev–Trinajstić information content (AvgIpc) is 2.34. The Kier molecular flexibility index (Phi) is 5.42. The summed E-state index contributed by atoms with van der Waals surface area (Å²) in [5.74, 6) is 0.108. The number of nitro benzene ring substituents is 1. The summed E-state index contributed by atoms with van der Waals surface area (Å²) in [4.78, 5) is 21.1. The highest BCUT2D eigenvalue weighted by Crippen LogP contribution is 2.12. The molecular weight excluding hydrogens is 246 g/mol. The van der Waals surface area contributed by atoms with Gasteiger partial charge in [0.15, 0.2) is 0 Å². The van der Waals surface area contributed by atoms with E-state index >= 15 is 0 Å². The first-order valence-electron chi connectivity index (χ1n) is 5.08. The molecule has 6 heteroatoms. The molecule has 0 saturated heterocycles. The van der Waals surface area contributed by atoms with E-state index in [-0.39, 0.29) is 24.7 Å². The largest absolute Gasteiger partial charge is 0.461 e. The van der Waals surface area contributed by atoms with E-state index in [1.807, 2.05) is 0 Å². The van der Waals surface area contributed by atoms with Gasteiger partial charge in [-0.3, -0.25) is 14.9 Å². The van der Waals surface area contributed by atoms with Gasteiger partial charge in [-0.2, -0.15) is 0 Å². The van der Waals surface area contributed by atoms with Crippen LogP contribution in [0.5, 0.6) is 0 Å². The maximum absolute atomic E-state index is 11.2. The van der Waals surface area contributed by atoms with Crippen LogP contribution in [0.3, 0.4) is 0 Å². The van der Waals surface area contributed by atoms with Crippen LogP contribution in [0, 0.1) is 10.1 Å². The van der Waals surface area contributed by atoms with E-state index in [1.165, 1.54) is 12.1 Å². The summed E-state index contributed by atoms with van der Waals surface area (Å²) in [6, 6.07) is 5.88. The number of hydrogen-bond acceptors (Lipinski definition) is 4. The van der Waals surface area contributed by atoms with Gasteiger partial charge >= 0.3 is 5.97 Å². The molecule has 1 aromatic carbocycles. The Labute approximate surface area is 103 Å². The molecule has 1 rings (SSSR count). The van der Waals surface area contributed by atoms with Crippen LogP contribution < -0.4 is 0 Å². The van der Waals surface area contributed by atoms with Crippen molar-refractivity contribution in [3.63, 3.8) is 0 Å². The van der Waals surface area contributed by atoms with Crippen LogP contribution in [0.2, 0.25) is 0 Å². The van der Waals surface area contributed by atoms with Crippen molar-refractivity contribution in [3.05, 3.63) is 39.9 Å². The Bertz CT molecular complexity index is 391. The normalized spacial score (nSPS) is 9.94. The lowest BCUT2D eigenvalue weighted by Crippen LogP contribution is -2.04. The van der Waals surface area contributed by atoms with Gasteiger partial charge in [0.25, 0.3) is 5.69 Å². The molecule has 0 aromatic heterocycles. The predicted octanol–water partition coefficient (Wildman–Crippen LogP) is 2.66. The van der Waals surface area contributed by atoms with Crippen LogP contribution in [-0.4, -0.2) is 16.8 Å². The Morgan fingerprint density at radius 1 is 1.35 bits per heavy atom. The summed E-state index contributed by atoms with van der Waals surface area (Å²) < 4.78 is 4.96. The van der Waals surface area contributed by atoms with E-state index < -0.39 is 4.92 Å². The third kappa shape index (κ3) is 4.82. The van der Waals surface area contributed by atoms with Crippen molar-refractivity contribution in [3.8, 4) is 0 Å². The third-order valence-corrected chi connectivity index (χ3v) is 2.33. The molecule has 0 fully saturated rings. The van der Waals surface area contributed by atoms with Gasteiger partial charge in [0.05, 0.1) is 4.92 Å². The number of benzene rings is 1. The number of nitro groups is 1. The quantitative estimate of drug-likeness (QED) is 0.340. The van der Waals surface area contributed by atoms with E-state index in [0.29, 0.717) is 12.3 Å².